The van der Waals surface area contributed by atoms with Crippen LogP contribution < -0.4 is 5.73 Å². The molecule has 1 heterocycles. The molecule has 0 saturated heterocycles. The van der Waals surface area contributed by atoms with Crippen molar-refractivity contribution < 1.29 is 4.79 Å². The van der Waals surface area contributed by atoms with E-state index in [1.807, 2.05) is 55.5 Å². The van der Waals surface area contributed by atoms with E-state index >= 15 is 0 Å². The molecule has 0 amide bonds. The number of hydrogen-bond donors (Lipinski definition) is 2. The molecule has 3 N–H and O–H groups in total. The molecule has 3 aromatic carbocycles. The Kier molecular flexibility index (Phi) is 3.73. The molecular weight excluding hydrogens is 310 g/mol. The molecule has 4 aromatic rings. The first-order valence-electron chi connectivity index (χ1n) is 8.48. The number of anilines is 1. The van der Waals surface area contributed by atoms with Crippen LogP contribution in [0.4, 0.5) is 5.82 Å². The predicted octanol–water partition coefficient (Wildman–Crippen LogP) is 4.95. The van der Waals surface area contributed by atoms with E-state index in [0.29, 0.717) is 12.2 Å². The van der Waals surface area contributed by atoms with Gasteiger partial charge in [0, 0.05) is 12.0 Å². The Hall–Kier alpha value is -3.14. The first kappa shape index (κ1) is 15.4. The third-order valence-electron chi connectivity index (χ3n) is 4.59. The van der Waals surface area contributed by atoms with Crippen LogP contribution in [0, 0.1) is 0 Å². The highest BCUT2D eigenvalue weighted by atomic mass is 16.1. The molecule has 124 valence electrons. The van der Waals surface area contributed by atoms with E-state index in [1.165, 1.54) is 0 Å². The van der Waals surface area contributed by atoms with E-state index in [1.54, 1.807) is 0 Å². The Morgan fingerprint density at radius 3 is 2.80 bits per heavy atom. The number of aromatic amines is 1. The molecule has 4 rings (SSSR count). The van der Waals surface area contributed by atoms with Gasteiger partial charge in [-0.3, -0.25) is 9.89 Å². The lowest BCUT2D eigenvalue weighted by Crippen LogP contribution is -1.99. The van der Waals surface area contributed by atoms with E-state index in [0.717, 1.165) is 44.8 Å². The number of nitrogens with zero attached hydrogens (tertiary/aromatic N) is 1. The third kappa shape index (κ3) is 2.56. The molecule has 1 aromatic heterocycles. The molecule has 0 bridgehead atoms. The van der Waals surface area contributed by atoms with Crippen LogP contribution >= 0.6 is 0 Å². The third-order valence-corrected chi connectivity index (χ3v) is 4.59. The van der Waals surface area contributed by atoms with Gasteiger partial charge in [-0.25, -0.2) is 0 Å². The standard InChI is InChI=1S/C21H19N3O/c1-2-5-19(25)17-8-3-6-13-12-14(10-11-15(13)17)16-7-4-9-18-20(16)21(22)24-23-18/h3-4,6-12H,2,5H2,1H3,(H3,22,23,24). The summed E-state index contributed by atoms with van der Waals surface area (Å²) in [5.74, 6) is 0.694. The summed E-state index contributed by atoms with van der Waals surface area (Å²) < 4.78 is 0. The van der Waals surface area contributed by atoms with Crippen LogP contribution in [0.25, 0.3) is 32.8 Å². The van der Waals surface area contributed by atoms with Gasteiger partial charge in [0.05, 0.1) is 10.9 Å². The second-order valence-corrected chi connectivity index (χ2v) is 6.25. The maximum atomic E-state index is 12.4. The van der Waals surface area contributed by atoms with Crippen molar-refractivity contribution in [3.8, 4) is 11.1 Å². The van der Waals surface area contributed by atoms with Gasteiger partial charge in [-0.05, 0) is 40.5 Å². The first-order valence-corrected chi connectivity index (χ1v) is 8.48. The van der Waals surface area contributed by atoms with Gasteiger partial charge in [-0.2, -0.15) is 5.10 Å². The Balaban J connectivity index is 1.90. The minimum atomic E-state index is 0.196. The molecule has 0 aliphatic heterocycles. The number of carbonyl (C=O) groups excluding carboxylic acids is 1. The number of nitrogen functional groups attached to an aromatic ring is 1. The fraction of sp³-hybridized carbons (Fsp3) is 0.143. The molecule has 0 aliphatic carbocycles. The lowest BCUT2D eigenvalue weighted by atomic mass is 9.94. The minimum absolute atomic E-state index is 0.196. The van der Waals surface area contributed by atoms with Crippen LogP contribution in [0.1, 0.15) is 30.1 Å². The number of Topliss-reactive ketones (excluding diaryl/α,β-unsaturated/α-hetero) is 1. The quantitative estimate of drug-likeness (QED) is 0.520. The fourth-order valence-electron chi connectivity index (χ4n) is 3.39. The van der Waals surface area contributed by atoms with Crippen molar-refractivity contribution in [2.75, 3.05) is 5.73 Å². The Morgan fingerprint density at radius 1 is 1.12 bits per heavy atom. The number of nitrogens with one attached hydrogen (secondary N) is 1. The zero-order chi connectivity index (χ0) is 17.4. The first-order chi connectivity index (χ1) is 12.2. The average molecular weight is 329 g/mol. The lowest BCUT2D eigenvalue weighted by molar-refractivity contribution is 0.0983. The van der Waals surface area contributed by atoms with E-state index in [2.05, 4.69) is 16.3 Å². The molecule has 0 aliphatic rings. The molecule has 0 atom stereocenters. The molecule has 0 spiro atoms. The minimum Gasteiger partial charge on any atom is -0.382 e. The molecule has 0 saturated carbocycles. The summed E-state index contributed by atoms with van der Waals surface area (Å²) in [4.78, 5) is 12.4. The summed E-state index contributed by atoms with van der Waals surface area (Å²) in [7, 11) is 0. The number of benzene rings is 3. The van der Waals surface area contributed by atoms with Crippen molar-refractivity contribution in [2.45, 2.75) is 19.8 Å². The van der Waals surface area contributed by atoms with Crippen molar-refractivity contribution in [2.24, 2.45) is 0 Å². The van der Waals surface area contributed by atoms with Crippen molar-refractivity contribution in [1.82, 2.24) is 10.2 Å². The van der Waals surface area contributed by atoms with Gasteiger partial charge in [0.25, 0.3) is 0 Å². The number of nitrogens with two attached hydrogens (primary N) is 1. The molecule has 0 fully saturated rings. The van der Waals surface area contributed by atoms with Crippen LogP contribution in [-0.2, 0) is 0 Å². The molecule has 0 radical (unpaired) electrons. The van der Waals surface area contributed by atoms with Crippen LogP contribution in [0.3, 0.4) is 0 Å². The summed E-state index contributed by atoms with van der Waals surface area (Å²) in [6, 6.07) is 18.1. The van der Waals surface area contributed by atoms with Gasteiger partial charge < -0.3 is 5.73 Å². The van der Waals surface area contributed by atoms with Gasteiger partial charge in [-0.1, -0.05) is 49.4 Å². The zero-order valence-electron chi connectivity index (χ0n) is 14.0. The van der Waals surface area contributed by atoms with Crippen LogP contribution in [0.2, 0.25) is 0 Å². The topological polar surface area (TPSA) is 71.8 Å². The highest BCUT2D eigenvalue weighted by Gasteiger charge is 2.12. The summed E-state index contributed by atoms with van der Waals surface area (Å²) in [5.41, 5.74) is 9.85. The molecule has 0 unspecified atom stereocenters. The number of aromatic nitrogens is 2. The second-order valence-electron chi connectivity index (χ2n) is 6.25. The predicted molar refractivity (Wildman–Crippen MR) is 103 cm³/mol. The van der Waals surface area contributed by atoms with Gasteiger partial charge >= 0.3 is 0 Å². The van der Waals surface area contributed by atoms with Crippen molar-refractivity contribution in [3.63, 3.8) is 0 Å². The molecule has 4 heteroatoms. The Bertz CT molecular complexity index is 1090. The zero-order valence-corrected chi connectivity index (χ0v) is 14.0. The second kappa shape index (κ2) is 6.06. The Morgan fingerprint density at radius 2 is 1.96 bits per heavy atom. The number of rotatable bonds is 4. The van der Waals surface area contributed by atoms with E-state index in [9.17, 15) is 4.79 Å². The summed E-state index contributed by atoms with van der Waals surface area (Å²) >= 11 is 0. The van der Waals surface area contributed by atoms with Gasteiger partial charge in [0.15, 0.2) is 11.6 Å². The number of H-pyrrole nitrogens is 1. The number of fused-ring (bicyclic) bond motifs is 2. The maximum absolute atomic E-state index is 12.4. The van der Waals surface area contributed by atoms with E-state index in [4.69, 9.17) is 5.73 Å². The molecule has 4 nitrogen and oxygen atoms in total. The average Bonchev–Trinajstić information content (AvgIpc) is 3.02. The maximum Gasteiger partial charge on any atom is 0.163 e. The molecular formula is C21H19N3O. The van der Waals surface area contributed by atoms with Crippen molar-refractivity contribution in [3.05, 3.63) is 60.2 Å². The normalized spacial score (nSPS) is 11.2. The molecule has 25 heavy (non-hydrogen) atoms. The summed E-state index contributed by atoms with van der Waals surface area (Å²) in [5, 5.41) is 10.0. The van der Waals surface area contributed by atoms with Crippen LogP contribution in [-0.4, -0.2) is 16.0 Å². The van der Waals surface area contributed by atoms with Gasteiger partial charge in [-0.15, -0.1) is 0 Å². The van der Waals surface area contributed by atoms with Gasteiger partial charge in [0.2, 0.25) is 0 Å². The van der Waals surface area contributed by atoms with Crippen LogP contribution in [0.15, 0.2) is 54.6 Å². The monoisotopic (exact) mass is 329 g/mol. The summed E-state index contributed by atoms with van der Waals surface area (Å²) in [6.07, 6.45) is 1.43. The summed E-state index contributed by atoms with van der Waals surface area (Å²) in [6.45, 7) is 2.02. The van der Waals surface area contributed by atoms with Crippen molar-refractivity contribution in [1.29, 1.82) is 0 Å². The lowest BCUT2D eigenvalue weighted by Gasteiger charge is -2.09. The number of carbonyl (C=O) groups is 1. The number of ketones is 1. The van der Waals surface area contributed by atoms with E-state index in [-0.39, 0.29) is 5.78 Å². The van der Waals surface area contributed by atoms with E-state index < -0.39 is 0 Å². The highest BCUT2D eigenvalue weighted by molar-refractivity contribution is 6.09. The van der Waals surface area contributed by atoms with Gasteiger partial charge in [0.1, 0.15) is 0 Å². The Labute approximate surface area is 145 Å². The van der Waals surface area contributed by atoms with Crippen molar-refractivity contribution >= 4 is 33.3 Å². The highest BCUT2D eigenvalue weighted by Crippen LogP contribution is 2.33. The smallest absolute Gasteiger partial charge is 0.163 e. The number of hydrogen-bond acceptors (Lipinski definition) is 3. The van der Waals surface area contributed by atoms with Crippen LogP contribution in [0.5, 0.6) is 0 Å². The fourth-order valence-corrected chi connectivity index (χ4v) is 3.39. The SMILES string of the molecule is CCCC(=O)c1cccc2cc(-c3cccc4[nH]nc(N)c34)ccc12. The largest absolute Gasteiger partial charge is 0.382 e.